The Hall–Kier alpha value is -0.890. The largest absolute Gasteiger partial charge is 0.310 e. The maximum Gasteiger partial charge on any atom is 0.0312 e. The van der Waals surface area contributed by atoms with Crippen molar-refractivity contribution in [2.24, 2.45) is 5.41 Å². The molecule has 1 atom stereocenters. The number of nitrogens with one attached hydrogen (secondary N) is 1. The van der Waals surface area contributed by atoms with Gasteiger partial charge in [0, 0.05) is 25.0 Å². The smallest absolute Gasteiger partial charge is 0.0312 e. The summed E-state index contributed by atoms with van der Waals surface area (Å²) >= 11 is 0. The molecule has 2 rings (SSSR count). The van der Waals surface area contributed by atoms with Crippen molar-refractivity contribution >= 4 is 0 Å². The summed E-state index contributed by atoms with van der Waals surface area (Å²) in [6.07, 6.45) is 6.48. The topological polar surface area (TPSA) is 24.9 Å². The first-order valence-electron chi connectivity index (χ1n) is 5.33. The molecular formula is C12H18N2. The monoisotopic (exact) mass is 190 g/mol. The van der Waals surface area contributed by atoms with Crippen molar-refractivity contribution in [1.29, 1.82) is 0 Å². The van der Waals surface area contributed by atoms with Gasteiger partial charge >= 0.3 is 0 Å². The van der Waals surface area contributed by atoms with E-state index >= 15 is 0 Å². The minimum atomic E-state index is 0.558. The van der Waals surface area contributed by atoms with Crippen molar-refractivity contribution in [1.82, 2.24) is 10.3 Å². The molecule has 0 bridgehead atoms. The van der Waals surface area contributed by atoms with E-state index < -0.39 is 0 Å². The number of aromatic nitrogens is 1. The van der Waals surface area contributed by atoms with E-state index in [0.717, 1.165) is 6.54 Å². The van der Waals surface area contributed by atoms with Crippen LogP contribution in [0.2, 0.25) is 0 Å². The van der Waals surface area contributed by atoms with Crippen LogP contribution < -0.4 is 5.32 Å². The van der Waals surface area contributed by atoms with Gasteiger partial charge in [0.15, 0.2) is 0 Å². The highest BCUT2D eigenvalue weighted by atomic mass is 14.9. The Kier molecular flexibility index (Phi) is 2.55. The summed E-state index contributed by atoms with van der Waals surface area (Å²) in [5.41, 5.74) is 1.82. The predicted octanol–water partition coefficient (Wildman–Crippen LogP) is 2.36. The second-order valence-corrected chi connectivity index (χ2v) is 4.62. The van der Waals surface area contributed by atoms with Gasteiger partial charge in [0.05, 0.1) is 0 Å². The van der Waals surface area contributed by atoms with Crippen molar-refractivity contribution in [2.75, 3.05) is 0 Å². The molecule has 2 nitrogen and oxygen atoms in total. The van der Waals surface area contributed by atoms with Crippen molar-refractivity contribution in [2.45, 2.75) is 39.3 Å². The van der Waals surface area contributed by atoms with Gasteiger partial charge in [0.2, 0.25) is 0 Å². The van der Waals surface area contributed by atoms with Crippen LogP contribution in [-0.4, -0.2) is 11.0 Å². The highest BCUT2D eigenvalue weighted by Crippen LogP contribution is 2.47. The number of nitrogens with zero attached hydrogens (tertiary/aromatic N) is 1. The molecule has 1 aliphatic carbocycles. The lowest BCUT2D eigenvalue weighted by atomic mass is 10.0. The lowest BCUT2D eigenvalue weighted by Gasteiger charge is -2.20. The van der Waals surface area contributed by atoms with E-state index in [1.54, 1.807) is 0 Å². The van der Waals surface area contributed by atoms with Gasteiger partial charge in [-0.05, 0) is 36.8 Å². The molecule has 0 aromatic carbocycles. The zero-order valence-corrected chi connectivity index (χ0v) is 8.96. The SMILES string of the molecule is CC(NCc1cccnc1)C1(C)CC1. The average Bonchev–Trinajstić information content (AvgIpc) is 2.96. The van der Waals surface area contributed by atoms with Crippen molar-refractivity contribution in [3.63, 3.8) is 0 Å². The normalized spacial score (nSPS) is 20.4. The van der Waals surface area contributed by atoms with Crippen LogP contribution >= 0.6 is 0 Å². The van der Waals surface area contributed by atoms with E-state index in [2.05, 4.69) is 30.2 Å². The molecular weight excluding hydrogens is 172 g/mol. The summed E-state index contributed by atoms with van der Waals surface area (Å²) < 4.78 is 0. The predicted molar refractivity (Wildman–Crippen MR) is 57.9 cm³/mol. The number of hydrogen-bond acceptors (Lipinski definition) is 2. The summed E-state index contributed by atoms with van der Waals surface area (Å²) in [4.78, 5) is 4.10. The Morgan fingerprint density at radius 3 is 2.93 bits per heavy atom. The highest BCUT2D eigenvalue weighted by molar-refractivity contribution is 5.08. The Morgan fingerprint density at radius 2 is 2.36 bits per heavy atom. The highest BCUT2D eigenvalue weighted by Gasteiger charge is 2.41. The third kappa shape index (κ3) is 2.13. The maximum absolute atomic E-state index is 4.10. The molecule has 1 heterocycles. The molecule has 0 aliphatic heterocycles. The van der Waals surface area contributed by atoms with Gasteiger partial charge in [-0.2, -0.15) is 0 Å². The molecule has 1 aromatic heterocycles. The van der Waals surface area contributed by atoms with Gasteiger partial charge in [-0.3, -0.25) is 4.98 Å². The van der Waals surface area contributed by atoms with Crippen LogP contribution in [0.5, 0.6) is 0 Å². The first-order valence-corrected chi connectivity index (χ1v) is 5.33. The fraction of sp³-hybridized carbons (Fsp3) is 0.583. The minimum Gasteiger partial charge on any atom is -0.310 e. The molecule has 1 N–H and O–H groups in total. The first-order chi connectivity index (χ1) is 6.71. The fourth-order valence-corrected chi connectivity index (χ4v) is 1.65. The summed E-state index contributed by atoms with van der Waals surface area (Å²) in [7, 11) is 0. The van der Waals surface area contributed by atoms with Crippen LogP contribution in [0, 0.1) is 5.41 Å². The molecule has 1 saturated carbocycles. The quantitative estimate of drug-likeness (QED) is 0.788. The standard InChI is InChI=1S/C12H18N2/c1-10(12(2)5-6-12)14-9-11-4-3-7-13-8-11/h3-4,7-8,10,14H,5-6,9H2,1-2H3. The molecule has 14 heavy (non-hydrogen) atoms. The third-order valence-electron chi connectivity index (χ3n) is 3.42. The van der Waals surface area contributed by atoms with Crippen molar-refractivity contribution in [3.8, 4) is 0 Å². The molecule has 0 spiro atoms. The average molecular weight is 190 g/mol. The van der Waals surface area contributed by atoms with Gasteiger partial charge in [-0.15, -0.1) is 0 Å². The van der Waals surface area contributed by atoms with Crippen LogP contribution in [0.3, 0.4) is 0 Å². The minimum absolute atomic E-state index is 0.558. The second-order valence-electron chi connectivity index (χ2n) is 4.62. The summed E-state index contributed by atoms with van der Waals surface area (Å²) in [6, 6.07) is 4.71. The molecule has 1 fully saturated rings. The number of pyridine rings is 1. The van der Waals surface area contributed by atoms with E-state index in [1.165, 1.54) is 18.4 Å². The molecule has 1 aromatic rings. The summed E-state index contributed by atoms with van der Waals surface area (Å²) in [5, 5.41) is 3.56. The fourth-order valence-electron chi connectivity index (χ4n) is 1.65. The molecule has 0 amide bonds. The molecule has 2 heteroatoms. The number of rotatable bonds is 4. The Labute approximate surface area is 85.7 Å². The van der Waals surface area contributed by atoms with Crippen LogP contribution in [0.15, 0.2) is 24.5 Å². The van der Waals surface area contributed by atoms with Crippen molar-refractivity contribution in [3.05, 3.63) is 30.1 Å². The van der Waals surface area contributed by atoms with Gasteiger partial charge in [-0.25, -0.2) is 0 Å². The van der Waals surface area contributed by atoms with Gasteiger partial charge in [0.1, 0.15) is 0 Å². The van der Waals surface area contributed by atoms with Crippen LogP contribution in [0.4, 0.5) is 0 Å². The second kappa shape index (κ2) is 3.70. The van der Waals surface area contributed by atoms with Gasteiger partial charge < -0.3 is 5.32 Å². The van der Waals surface area contributed by atoms with Gasteiger partial charge in [0.25, 0.3) is 0 Å². The Bertz CT molecular complexity index is 290. The third-order valence-corrected chi connectivity index (χ3v) is 3.42. The maximum atomic E-state index is 4.10. The molecule has 1 aliphatic rings. The molecule has 0 saturated heterocycles. The van der Waals surface area contributed by atoms with Crippen molar-refractivity contribution < 1.29 is 0 Å². The zero-order valence-electron chi connectivity index (χ0n) is 8.96. The van der Waals surface area contributed by atoms with E-state index in [1.807, 2.05) is 18.5 Å². The summed E-state index contributed by atoms with van der Waals surface area (Å²) in [6.45, 7) is 5.57. The molecule has 1 unspecified atom stereocenters. The van der Waals surface area contributed by atoms with E-state index in [0.29, 0.717) is 11.5 Å². The lowest BCUT2D eigenvalue weighted by molar-refractivity contribution is 0.379. The van der Waals surface area contributed by atoms with Gasteiger partial charge in [-0.1, -0.05) is 13.0 Å². The summed E-state index contributed by atoms with van der Waals surface area (Å²) in [5.74, 6) is 0. The van der Waals surface area contributed by atoms with Crippen LogP contribution in [0.25, 0.3) is 0 Å². The van der Waals surface area contributed by atoms with E-state index in [4.69, 9.17) is 0 Å². The van der Waals surface area contributed by atoms with E-state index in [-0.39, 0.29) is 0 Å². The zero-order chi connectivity index (χ0) is 10.0. The Morgan fingerprint density at radius 1 is 1.57 bits per heavy atom. The lowest BCUT2D eigenvalue weighted by Crippen LogP contribution is -2.32. The molecule has 76 valence electrons. The number of hydrogen-bond donors (Lipinski definition) is 1. The first kappa shape index (κ1) is 9.66. The van der Waals surface area contributed by atoms with Crippen LogP contribution in [0.1, 0.15) is 32.3 Å². The Balaban J connectivity index is 1.83. The molecule has 0 radical (unpaired) electrons. The van der Waals surface area contributed by atoms with E-state index in [9.17, 15) is 0 Å². The van der Waals surface area contributed by atoms with Crippen LogP contribution in [-0.2, 0) is 6.54 Å².